The molecule has 0 bridgehead atoms. The highest BCUT2D eigenvalue weighted by atomic mass is 28.5. The van der Waals surface area contributed by atoms with Crippen molar-refractivity contribution in [1.29, 1.82) is 0 Å². The van der Waals surface area contributed by atoms with E-state index >= 15 is 0 Å². The smallest absolute Gasteiger partial charge is 0.312 e. The van der Waals surface area contributed by atoms with Crippen LogP contribution in [0.15, 0.2) is 24.3 Å². The Morgan fingerprint density at radius 1 is 0.960 bits per heavy atom. The molecular weight excluding hydrogens is 381 g/mol. The van der Waals surface area contributed by atoms with Crippen LogP contribution in [-0.4, -0.2) is 47.2 Å². The Balaban J connectivity index is 1.93. The first-order valence-corrected chi connectivity index (χ1v) is 20.4. The molecule has 2 rings (SSSR count). The third-order valence-electron chi connectivity index (χ3n) is 3.82. The Kier molecular flexibility index (Phi) is 6.70. The number of epoxide rings is 1. The molecule has 142 valence electrons. The Hall–Kier alpha value is -0.0725. The number of ether oxygens (including phenoxy) is 1. The van der Waals surface area contributed by atoms with Crippen LogP contribution < -0.4 is 5.19 Å². The van der Waals surface area contributed by atoms with Crippen molar-refractivity contribution in [3.8, 4) is 0 Å². The molecule has 1 aliphatic heterocycles. The van der Waals surface area contributed by atoms with Crippen LogP contribution in [0, 0.1) is 0 Å². The van der Waals surface area contributed by atoms with E-state index in [1.807, 2.05) is 0 Å². The fourth-order valence-electron chi connectivity index (χ4n) is 3.24. The van der Waals surface area contributed by atoms with Crippen LogP contribution >= 0.6 is 0 Å². The monoisotopic (exact) mass is 414 g/mol. The molecule has 1 saturated heterocycles. The van der Waals surface area contributed by atoms with Crippen molar-refractivity contribution in [2.24, 2.45) is 0 Å². The molecule has 1 fully saturated rings. The second-order valence-corrected chi connectivity index (χ2v) is 23.1. The van der Waals surface area contributed by atoms with Crippen LogP contribution in [0.25, 0.3) is 0 Å². The second kappa shape index (κ2) is 7.89. The highest BCUT2D eigenvalue weighted by Crippen LogP contribution is 2.21. The van der Waals surface area contributed by atoms with Gasteiger partial charge in [0.05, 0.1) is 12.7 Å². The minimum absolute atomic E-state index is 0.440. The van der Waals surface area contributed by atoms with Gasteiger partial charge in [-0.25, -0.2) is 0 Å². The fraction of sp³-hybridized carbons (Fsp3) is 0.647. The van der Waals surface area contributed by atoms with E-state index in [1.54, 1.807) is 0 Å². The number of hydrogen-bond donors (Lipinski definition) is 0. The molecule has 0 saturated carbocycles. The Bertz CT molecular complexity index is 565. The molecular formula is C17H34O4Si4. The van der Waals surface area contributed by atoms with Crippen molar-refractivity contribution in [1.82, 2.24) is 0 Å². The first-order valence-electron chi connectivity index (χ1n) is 9.14. The summed E-state index contributed by atoms with van der Waals surface area (Å²) in [5.74, 6) is 0. The molecule has 0 aromatic heterocycles. The van der Waals surface area contributed by atoms with E-state index in [0.717, 1.165) is 13.0 Å². The zero-order valence-corrected chi connectivity index (χ0v) is 21.2. The molecule has 2 atom stereocenters. The van der Waals surface area contributed by atoms with Gasteiger partial charge in [-0.1, -0.05) is 24.3 Å². The SMILES string of the molecule is C[SiH](O[Si](C)(C)O[Si](C)(C)O[Si](C)(C)C)c1ccc(CC2CO2)cc1. The molecule has 25 heavy (non-hydrogen) atoms. The lowest BCUT2D eigenvalue weighted by atomic mass is 10.1. The van der Waals surface area contributed by atoms with Crippen LogP contribution in [0.3, 0.4) is 0 Å². The van der Waals surface area contributed by atoms with Gasteiger partial charge in [0, 0.05) is 6.42 Å². The van der Waals surface area contributed by atoms with Crippen LogP contribution in [0.2, 0.25) is 52.4 Å². The lowest BCUT2D eigenvalue weighted by Gasteiger charge is -2.38. The molecule has 0 N–H and O–H groups in total. The highest BCUT2D eigenvalue weighted by molar-refractivity contribution is 6.88. The summed E-state index contributed by atoms with van der Waals surface area (Å²) in [5.41, 5.74) is 1.34. The van der Waals surface area contributed by atoms with Crippen molar-refractivity contribution >= 4 is 39.7 Å². The van der Waals surface area contributed by atoms with Crippen LogP contribution in [0.1, 0.15) is 5.56 Å². The number of benzene rings is 1. The molecule has 1 heterocycles. The number of rotatable bonds is 9. The van der Waals surface area contributed by atoms with E-state index in [4.69, 9.17) is 17.1 Å². The van der Waals surface area contributed by atoms with E-state index in [0.29, 0.717) is 6.10 Å². The van der Waals surface area contributed by atoms with Crippen LogP contribution in [0.4, 0.5) is 0 Å². The lowest BCUT2D eigenvalue weighted by Crippen LogP contribution is -2.55. The normalized spacial score (nSPS) is 19.8. The zero-order valence-electron chi connectivity index (χ0n) is 17.0. The summed E-state index contributed by atoms with van der Waals surface area (Å²) in [7, 11) is -7.46. The van der Waals surface area contributed by atoms with Gasteiger partial charge in [-0.15, -0.1) is 0 Å². The molecule has 0 radical (unpaired) electrons. The van der Waals surface area contributed by atoms with Gasteiger partial charge in [-0.3, -0.25) is 0 Å². The summed E-state index contributed by atoms with van der Waals surface area (Å²) in [6.45, 7) is 18.4. The van der Waals surface area contributed by atoms with Gasteiger partial charge in [-0.05, 0) is 63.1 Å². The van der Waals surface area contributed by atoms with Crippen molar-refractivity contribution < 1.29 is 17.1 Å². The first-order chi connectivity index (χ1) is 11.4. The van der Waals surface area contributed by atoms with E-state index in [-0.39, 0.29) is 0 Å². The van der Waals surface area contributed by atoms with Gasteiger partial charge < -0.3 is 17.1 Å². The van der Waals surface area contributed by atoms with Gasteiger partial charge in [0.1, 0.15) is 0 Å². The Morgan fingerprint density at radius 2 is 1.52 bits per heavy atom. The maximum atomic E-state index is 6.51. The quantitative estimate of drug-likeness (QED) is 0.458. The standard InChI is InChI=1S/C17H34O4Si4/c1-22(17-11-9-15(10-12-17)13-16-14-18-16)19-24(5,6)21-25(7,8)20-23(2,3)4/h9-12,16,22H,13-14H2,1-8H3. The van der Waals surface area contributed by atoms with E-state index < -0.39 is 34.5 Å². The number of hydrogen-bond acceptors (Lipinski definition) is 4. The summed E-state index contributed by atoms with van der Waals surface area (Å²) in [5, 5.41) is 1.33. The van der Waals surface area contributed by atoms with Gasteiger partial charge >= 0.3 is 17.1 Å². The maximum Gasteiger partial charge on any atom is 0.312 e. The van der Waals surface area contributed by atoms with Gasteiger partial charge in [0.15, 0.2) is 17.4 Å². The minimum Gasteiger partial charge on any atom is -0.437 e. The average molecular weight is 415 g/mol. The van der Waals surface area contributed by atoms with Crippen LogP contribution in [-0.2, 0) is 23.5 Å². The minimum atomic E-state index is -2.21. The predicted molar refractivity (Wildman–Crippen MR) is 114 cm³/mol. The summed E-state index contributed by atoms with van der Waals surface area (Å²) >= 11 is 0. The fourth-order valence-corrected chi connectivity index (χ4v) is 19.7. The first kappa shape index (κ1) is 21.2. The lowest BCUT2D eigenvalue weighted by molar-refractivity contribution is 0.336. The largest absolute Gasteiger partial charge is 0.437 e. The van der Waals surface area contributed by atoms with Crippen molar-refractivity contribution in [2.45, 2.75) is 64.9 Å². The summed E-state index contributed by atoms with van der Waals surface area (Å²) < 4.78 is 24.6. The molecule has 8 heteroatoms. The molecule has 0 amide bonds. The van der Waals surface area contributed by atoms with Gasteiger partial charge in [0.25, 0.3) is 0 Å². The molecule has 1 aromatic carbocycles. The van der Waals surface area contributed by atoms with Gasteiger partial charge in [-0.2, -0.15) is 0 Å². The maximum absolute atomic E-state index is 6.51. The highest BCUT2D eigenvalue weighted by Gasteiger charge is 2.40. The molecule has 1 aliphatic rings. The average Bonchev–Trinajstić information content (AvgIpc) is 3.18. The van der Waals surface area contributed by atoms with Crippen molar-refractivity contribution in [3.05, 3.63) is 29.8 Å². The zero-order chi connectivity index (χ0) is 18.9. The Labute approximate surface area is 158 Å². The third-order valence-corrected chi connectivity index (χ3v) is 17.2. The molecule has 0 spiro atoms. The summed E-state index contributed by atoms with van der Waals surface area (Å²) in [6, 6.07) is 8.87. The molecule has 2 unspecified atom stereocenters. The Morgan fingerprint density at radius 3 is 2.00 bits per heavy atom. The predicted octanol–water partition coefficient (Wildman–Crippen LogP) is 3.48. The van der Waals surface area contributed by atoms with E-state index in [2.05, 4.69) is 76.6 Å². The molecule has 4 nitrogen and oxygen atoms in total. The summed E-state index contributed by atoms with van der Waals surface area (Å²) in [4.78, 5) is 0. The molecule has 1 aromatic rings. The van der Waals surface area contributed by atoms with E-state index in [9.17, 15) is 0 Å². The van der Waals surface area contributed by atoms with Crippen LogP contribution in [0.5, 0.6) is 0 Å². The van der Waals surface area contributed by atoms with E-state index in [1.165, 1.54) is 10.8 Å². The van der Waals surface area contributed by atoms with Crippen molar-refractivity contribution in [3.63, 3.8) is 0 Å². The second-order valence-electron chi connectivity index (χ2n) is 8.78. The van der Waals surface area contributed by atoms with Gasteiger partial charge in [0.2, 0.25) is 0 Å². The summed E-state index contributed by atoms with van der Waals surface area (Å²) in [6.07, 6.45) is 1.46. The third kappa shape index (κ3) is 8.00. The molecule has 0 aliphatic carbocycles. The topological polar surface area (TPSA) is 40.2 Å². The van der Waals surface area contributed by atoms with Crippen molar-refractivity contribution in [2.75, 3.05) is 6.61 Å².